The zero-order valence-electron chi connectivity index (χ0n) is 17.9. The minimum atomic E-state index is -3.91. The lowest BCUT2D eigenvalue weighted by molar-refractivity contribution is -0.122. The molecule has 6 nitrogen and oxygen atoms in total. The number of pyridine rings is 1. The first-order valence-electron chi connectivity index (χ1n) is 10.1. The van der Waals surface area contributed by atoms with E-state index < -0.39 is 22.0 Å². The molecule has 3 rings (SSSR count). The maximum Gasteiger partial charge on any atom is 0.241 e. The van der Waals surface area contributed by atoms with Crippen LogP contribution in [0.2, 0.25) is 0 Å². The van der Waals surface area contributed by atoms with E-state index in [0.29, 0.717) is 16.8 Å². The Kier molecular flexibility index (Phi) is 7.20. The fourth-order valence-corrected chi connectivity index (χ4v) is 5.33. The van der Waals surface area contributed by atoms with Crippen molar-refractivity contribution >= 4 is 15.9 Å². The first kappa shape index (κ1) is 22.7. The van der Waals surface area contributed by atoms with Gasteiger partial charge in [0.25, 0.3) is 0 Å². The van der Waals surface area contributed by atoms with Crippen molar-refractivity contribution in [1.29, 1.82) is 0 Å². The Morgan fingerprint density at radius 3 is 2.23 bits per heavy atom. The average molecular weight is 438 g/mol. The summed E-state index contributed by atoms with van der Waals surface area (Å²) in [6.07, 6.45) is 1.88. The second-order valence-electron chi connectivity index (χ2n) is 7.63. The summed E-state index contributed by atoms with van der Waals surface area (Å²) in [7, 11) is -3.91. The lowest BCUT2D eigenvalue weighted by Crippen LogP contribution is -2.48. The molecule has 0 fully saturated rings. The minimum absolute atomic E-state index is 0.216. The third-order valence-corrected chi connectivity index (χ3v) is 6.72. The van der Waals surface area contributed by atoms with Crippen molar-refractivity contribution in [1.82, 2.24) is 15.0 Å². The van der Waals surface area contributed by atoms with Gasteiger partial charge in [0.15, 0.2) is 0 Å². The minimum Gasteiger partial charge on any atom is -0.349 e. The number of aryl methyl sites for hydroxylation is 3. The van der Waals surface area contributed by atoms with Gasteiger partial charge >= 0.3 is 0 Å². The van der Waals surface area contributed by atoms with E-state index in [-0.39, 0.29) is 17.9 Å². The monoisotopic (exact) mass is 437 g/mol. The first-order chi connectivity index (χ1) is 14.8. The van der Waals surface area contributed by atoms with Crippen molar-refractivity contribution in [3.8, 4) is 0 Å². The maximum absolute atomic E-state index is 13.3. The molecule has 0 aliphatic carbocycles. The van der Waals surface area contributed by atoms with Gasteiger partial charge < -0.3 is 5.32 Å². The second kappa shape index (κ2) is 9.85. The van der Waals surface area contributed by atoms with E-state index in [1.54, 1.807) is 32.2 Å². The summed E-state index contributed by atoms with van der Waals surface area (Å²) in [5.74, 6) is -0.402. The lowest BCUT2D eigenvalue weighted by atomic mass is 10.1. The Morgan fingerprint density at radius 1 is 0.968 bits per heavy atom. The van der Waals surface area contributed by atoms with E-state index in [2.05, 4.69) is 15.0 Å². The highest BCUT2D eigenvalue weighted by Crippen LogP contribution is 2.22. The van der Waals surface area contributed by atoms with Gasteiger partial charge in [0.05, 0.1) is 17.1 Å². The number of rotatable bonds is 8. The number of aromatic nitrogens is 1. The highest BCUT2D eigenvalue weighted by Gasteiger charge is 2.28. The van der Waals surface area contributed by atoms with E-state index in [9.17, 15) is 13.2 Å². The number of hydrogen-bond donors (Lipinski definition) is 2. The maximum atomic E-state index is 13.3. The number of hydrogen-bond acceptors (Lipinski definition) is 4. The summed E-state index contributed by atoms with van der Waals surface area (Å²) < 4.78 is 29.2. The van der Waals surface area contributed by atoms with Crippen LogP contribution in [0.4, 0.5) is 0 Å². The predicted molar refractivity (Wildman–Crippen MR) is 121 cm³/mol. The van der Waals surface area contributed by atoms with Crippen molar-refractivity contribution in [3.05, 3.63) is 94.8 Å². The van der Waals surface area contributed by atoms with Crippen LogP contribution >= 0.6 is 0 Å². The number of nitrogens with one attached hydrogen (secondary N) is 2. The molecule has 162 valence electrons. The van der Waals surface area contributed by atoms with Crippen LogP contribution in [0.3, 0.4) is 0 Å². The number of carbonyl (C=O) groups is 1. The Labute approximate surface area is 183 Å². The quantitative estimate of drug-likeness (QED) is 0.566. The molecule has 0 saturated heterocycles. The topological polar surface area (TPSA) is 88.2 Å². The van der Waals surface area contributed by atoms with Crippen molar-refractivity contribution in [2.75, 3.05) is 0 Å². The van der Waals surface area contributed by atoms with Crippen LogP contribution in [0.5, 0.6) is 0 Å². The van der Waals surface area contributed by atoms with E-state index in [4.69, 9.17) is 0 Å². The molecule has 31 heavy (non-hydrogen) atoms. The van der Waals surface area contributed by atoms with Gasteiger partial charge in [-0.15, -0.1) is 0 Å². The van der Waals surface area contributed by atoms with Crippen molar-refractivity contribution in [2.45, 2.75) is 44.7 Å². The predicted octanol–water partition coefficient (Wildman–Crippen LogP) is 3.21. The van der Waals surface area contributed by atoms with Crippen LogP contribution in [0.25, 0.3) is 0 Å². The van der Waals surface area contributed by atoms with Gasteiger partial charge in [0.2, 0.25) is 15.9 Å². The molecular formula is C24H27N3O3S. The van der Waals surface area contributed by atoms with Gasteiger partial charge in [0.1, 0.15) is 6.04 Å². The molecule has 7 heteroatoms. The zero-order valence-corrected chi connectivity index (χ0v) is 18.7. The van der Waals surface area contributed by atoms with Crippen LogP contribution in [0, 0.1) is 20.8 Å². The Hall–Kier alpha value is -3.03. The SMILES string of the molecule is Cc1cc(C)c(S(=O)(=O)N[C@H](Cc2ccccc2)C(=O)NCc2ccccn2)c(C)c1. The number of sulfonamides is 1. The summed E-state index contributed by atoms with van der Waals surface area (Å²) in [5, 5.41) is 2.80. The second-order valence-corrected chi connectivity index (χ2v) is 9.28. The van der Waals surface area contributed by atoms with Crippen LogP contribution < -0.4 is 10.0 Å². The molecule has 0 aliphatic rings. The molecule has 3 aromatic rings. The van der Waals surface area contributed by atoms with Crippen LogP contribution in [0.15, 0.2) is 71.8 Å². The molecule has 0 spiro atoms. The molecule has 0 bridgehead atoms. The highest BCUT2D eigenvalue weighted by atomic mass is 32.2. The molecule has 1 aromatic heterocycles. The molecular weight excluding hydrogens is 410 g/mol. The molecule has 1 heterocycles. The van der Waals surface area contributed by atoms with Crippen LogP contribution in [-0.2, 0) is 27.8 Å². The standard InChI is InChI=1S/C24H27N3O3S/c1-17-13-18(2)23(19(3)14-17)31(29,30)27-22(15-20-9-5-4-6-10-20)24(28)26-16-21-11-7-8-12-25-21/h4-14,22,27H,15-16H2,1-3H3,(H,26,28)/t22-/m1/s1. The van der Waals surface area contributed by atoms with Gasteiger partial charge in [-0.05, 0) is 56.0 Å². The van der Waals surface area contributed by atoms with Gasteiger partial charge in [-0.25, -0.2) is 8.42 Å². The third-order valence-electron chi connectivity index (χ3n) is 4.94. The van der Waals surface area contributed by atoms with E-state index in [1.807, 2.05) is 55.5 Å². The smallest absolute Gasteiger partial charge is 0.241 e. The Balaban J connectivity index is 1.86. The molecule has 0 saturated carbocycles. The Morgan fingerprint density at radius 2 is 1.61 bits per heavy atom. The van der Waals surface area contributed by atoms with Crippen LogP contribution in [-0.4, -0.2) is 25.4 Å². The molecule has 1 amide bonds. The molecule has 0 unspecified atom stereocenters. The Bertz CT molecular complexity index is 1120. The summed E-state index contributed by atoms with van der Waals surface area (Å²) in [5.41, 5.74) is 3.85. The van der Waals surface area contributed by atoms with E-state index in [0.717, 1.165) is 11.1 Å². The van der Waals surface area contributed by atoms with Gasteiger partial charge in [-0.3, -0.25) is 9.78 Å². The largest absolute Gasteiger partial charge is 0.349 e. The van der Waals surface area contributed by atoms with Gasteiger partial charge in [-0.1, -0.05) is 54.1 Å². The van der Waals surface area contributed by atoms with Gasteiger partial charge in [-0.2, -0.15) is 4.72 Å². The lowest BCUT2D eigenvalue weighted by Gasteiger charge is -2.20. The van der Waals surface area contributed by atoms with E-state index >= 15 is 0 Å². The van der Waals surface area contributed by atoms with Crippen molar-refractivity contribution in [3.63, 3.8) is 0 Å². The van der Waals surface area contributed by atoms with E-state index in [1.165, 1.54) is 0 Å². The molecule has 1 atom stereocenters. The molecule has 2 aromatic carbocycles. The van der Waals surface area contributed by atoms with Gasteiger partial charge in [0, 0.05) is 6.20 Å². The normalized spacial score (nSPS) is 12.4. The number of carbonyl (C=O) groups excluding carboxylic acids is 1. The first-order valence-corrected chi connectivity index (χ1v) is 11.6. The van der Waals surface area contributed by atoms with Crippen LogP contribution in [0.1, 0.15) is 27.9 Å². The summed E-state index contributed by atoms with van der Waals surface area (Å²) >= 11 is 0. The number of amides is 1. The molecule has 0 aliphatic heterocycles. The zero-order chi connectivity index (χ0) is 22.4. The summed E-state index contributed by atoms with van der Waals surface area (Å²) in [6.45, 7) is 5.67. The molecule has 2 N–H and O–H groups in total. The van der Waals surface area contributed by atoms with Crippen molar-refractivity contribution in [2.24, 2.45) is 0 Å². The van der Waals surface area contributed by atoms with Crippen molar-refractivity contribution < 1.29 is 13.2 Å². The third kappa shape index (κ3) is 5.99. The number of nitrogens with zero attached hydrogens (tertiary/aromatic N) is 1. The fourth-order valence-electron chi connectivity index (χ4n) is 3.68. The highest BCUT2D eigenvalue weighted by molar-refractivity contribution is 7.89. The average Bonchev–Trinajstić information content (AvgIpc) is 2.72. The summed E-state index contributed by atoms with van der Waals surface area (Å²) in [4.78, 5) is 17.4. The number of benzene rings is 2. The summed E-state index contributed by atoms with van der Waals surface area (Å²) in [6, 6.07) is 17.5. The molecule has 0 radical (unpaired) electrons. The fraction of sp³-hybridized carbons (Fsp3) is 0.250.